The van der Waals surface area contributed by atoms with Crippen molar-refractivity contribution in [1.29, 1.82) is 0 Å². The molecule has 1 aliphatic heterocycles. The first-order chi connectivity index (χ1) is 14.7. The summed E-state index contributed by atoms with van der Waals surface area (Å²) in [4.78, 5) is 13.7. The number of ether oxygens (including phenoxy) is 1. The van der Waals surface area contributed by atoms with Crippen LogP contribution in [0.5, 0.6) is 0 Å². The summed E-state index contributed by atoms with van der Waals surface area (Å²) in [6.45, 7) is 1.76. The first kappa shape index (κ1) is 21.1. The Morgan fingerprint density at radius 1 is 1.10 bits per heavy atom. The number of hydrogen-bond acceptors (Lipinski definition) is 4. The quantitative estimate of drug-likeness (QED) is 0.401. The van der Waals surface area contributed by atoms with Gasteiger partial charge in [0.1, 0.15) is 0 Å². The molecule has 0 spiro atoms. The highest BCUT2D eigenvalue weighted by atomic mass is 32.1. The number of ketones is 1. The normalized spacial score (nSPS) is 16.6. The van der Waals surface area contributed by atoms with E-state index in [0.717, 1.165) is 22.9 Å². The number of rotatable bonds is 4. The zero-order valence-electron chi connectivity index (χ0n) is 16.5. The molecule has 3 aromatic carbocycles. The van der Waals surface area contributed by atoms with Crippen molar-refractivity contribution in [3.8, 4) is 0 Å². The lowest BCUT2D eigenvalue weighted by molar-refractivity contribution is -0.137. The van der Waals surface area contributed by atoms with Crippen LogP contribution in [0, 0.1) is 0 Å². The van der Waals surface area contributed by atoms with E-state index in [1.807, 2.05) is 30.3 Å². The average molecular weight is 441 g/mol. The lowest BCUT2D eigenvalue weighted by Crippen LogP contribution is -2.12. The number of halogens is 3. The van der Waals surface area contributed by atoms with Gasteiger partial charge in [0, 0.05) is 10.4 Å². The summed E-state index contributed by atoms with van der Waals surface area (Å²) < 4.78 is 46.2. The second-order valence-corrected chi connectivity index (χ2v) is 7.74. The van der Waals surface area contributed by atoms with Crippen LogP contribution in [0.4, 0.5) is 13.2 Å². The Morgan fingerprint density at radius 3 is 2.52 bits per heavy atom. The van der Waals surface area contributed by atoms with Gasteiger partial charge in [0.2, 0.25) is 5.78 Å². The molecule has 7 heteroatoms. The molecule has 3 aromatic rings. The number of thiocarbonyl (C=S) groups is 1. The Bertz CT molecular complexity index is 1240. The van der Waals surface area contributed by atoms with E-state index in [1.54, 1.807) is 19.1 Å². The van der Waals surface area contributed by atoms with Gasteiger partial charge in [-0.3, -0.25) is 4.79 Å². The highest BCUT2D eigenvalue weighted by Crippen LogP contribution is 2.40. The van der Waals surface area contributed by atoms with E-state index >= 15 is 0 Å². The zero-order valence-corrected chi connectivity index (χ0v) is 17.3. The molecule has 1 atom stereocenters. The van der Waals surface area contributed by atoms with E-state index < -0.39 is 23.6 Å². The molecule has 0 bridgehead atoms. The molecule has 0 amide bonds. The number of hydrogen-bond donors (Lipinski definition) is 1. The van der Waals surface area contributed by atoms with Crippen molar-refractivity contribution in [2.75, 3.05) is 0 Å². The first-order valence-electron chi connectivity index (χ1n) is 9.65. The van der Waals surface area contributed by atoms with Crippen LogP contribution in [-0.4, -0.2) is 10.6 Å². The van der Waals surface area contributed by atoms with Crippen molar-refractivity contribution >= 4 is 39.2 Å². The van der Waals surface area contributed by atoms with E-state index in [9.17, 15) is 18.0 Å². The van der Waals surface area contributed by atoms with E-state index in [2.05, 4.69) is 0 Å². The predicted octanol–water partition coefficient (Wildman–Crippen LogP) is 5.95. The van der Waals surface area contributed by atoms with Crippen LogP contribution < -0.4 is 5.73 Å². The minimum Gasteiger partial charge on any atom is -0.462 e. The second-order valence-electron chi connectivity index (χ2n) is 7.24. The molecule has 158 valence electrons. The summed E-state index contributed by atoms with van der Waals surface area (Å²) in [5.41, 5.74) is 5.95. The summed E-state index contributed by atoms with van der Waals surface area (Å²) in [5, 5.41) is 1.73. The van der Waals surface area contributed by atoms with Gasteiger partial charge in [-0.1, -0.05) is 61.6 Å². The van der Waals surface area contributed by atoms with Gasteiger partial charge in [0.15, 0.2) is 12.0 Å². The fraction of sp³-hybridized carbons (Fsp3) is 0.167. The molecule has 31 heavy (non-hydrogen) atoms. The smallest absolute Gasteiger partial charge is 0.416 e. The Labute approximate surface area is 182 Å². The SMILES string of the molecule is CCC(=S)c1cc(C2=C(N)OC(c3cccc4ccccc34)C2=O)cc(C(F)(F)F)c1. The lowest BCUT2D eigenvalue weighted by atomic mass is 9.91. The monoisotopic (exact) mass is 441 g/mol. The summed E-state index contributed by atoms with van der Waals surface area (Å²) >= 11 is 5.22. The number of carbonyl (C=O) groups is 1. The fourth-order valence-corrected chi connectivity index (χ4v) is 3.88. The van der Waals surface area contributed by atoms with Crippen molar-refractivity contribution in [3.05, 3.63) is 88.8 Å². The molecular weight excluding hydrogens is 423 g/mol. The standard InChI is InChI=1S/C24H18F3NO2S/c1-2-19(31)14-10-15(12-16(11-14)24(25,26)27)20-21(29)22(30-23(20)28)18-9-5-7-13-6-3-4-8-17(13)18/h3-12,22H,2,28H2,1H3. The first-order valence-corrected chi connectivity index (χ1v) is 10.1. The Balaban J connectivity index is 1.81. The minimum absolute atomic E-state index is 0.0471. The maximum absolute atomic E-state index is 13.5. The third kappa shape index (κ3) is 3.81. The zero-order chi connectivity index (χ0) is 22.3. The van der Waals surface area contributed by atoms with Gasteiger partial charge in [-0.2, -0.15) is 13.2 Å². The molecule has 1 unspecified atom stereocenters. The number of fused-ring (bicyclic) bond motifs is 1. The highest BCUT2D eigenvalue weighted by Gasteiger charge is 2.38. The predicted molar refractivity (Wildman–Crippen MR) is 117 cm³/mol. The fourth-order valence-electron chi connectivity index (χ4n) is 3.76. The topological polar surface area (TPSA) is 52.3 Å². The van der Waals surface area contributed by atoms with Crippen LogP contribution in [0.25, 0.3) is 16.3 Å². The van der Waals surface area contributed by atoms with Crippen LogP contribution in [0.15, 0.2) is 66.5 Å². The summed E-state index contributed by atoms with van der Waals surface area (Å²) in [6, 6.07) is 16.3. The molecule has 0 fully saturated rings. The molecule has 2 N–H and O–H groups in total. The number of alkyl halides is 3. The van der Waals surface area contributed by atoms with Gasteiger partial charge in [0.05, 0.1) is 11.1 Å². The molecule has 0 radical (unpaired) electrons. The Kier molecular flexibility index (Phi) is 5.31. The van der Waals surface area contributed by atoms with Crippen molar-refractivity contribution in [1.82, 2.24) is 0 Å². The van der Waals surface area contributed by atoms with Crippen molar-refractivity contribution in [2.24, 2.45) is 5.73 Å². The molecule has 4 rings (SSSR count). The van der Waals surface area contributed by atoms with Crippen molar-refractivity contribution in [2.45, 2.75) is 25.6 Å². The summed E-state index contributed by atoms with van der Waals surface area (Å²) in [5.74, 6) is -0.683. The number of nitrogens with two attached hydrogens (primary N) is 1. The molecule has 0 aliphatic carbocycles. The maximum Gasteiger partial charge on any atom is 0.416 e. The molecule has 1 aliphatic rings. The summed E-state index contributed by atoms with van der Waals surface area (Å²) in [6.07, 6.45) is -5.23. The Hall–Kier alpha value is -3.19. The Morgan fingerprint density at radius 2 is 1.81 bits per heavy atom. The molecule has 0 saturated heterocycles. The number of benzene rings is 3. The molecule has 3 nitrogen and oxygen atoms in total. The van der Waals surface area contributed by atoms with Crippen LogP contribution in [-0.2, 0) is 15.7 Å². The van der Waals surface area contributed by atoms with Gasteiger partial charge in [-0.15, -0.1) is 0 Å². The van der Waals surface area contributed by atoms with Gasteiger partial charge < -0.3 is 10.5 Å². The second kappa shape index (κ2) is 7.81. The van der Waals surface area contributed by atoms with Gasteiger partial charge in [-0.25, -0.2) is 0 Å². The van der Waals surface area contributed by atoms with Crippen LogP contribution in [0.2, 0.25) is 0 Å². The highest BCUT2D eigenvalue weighted by molar-refractivity contribution is 7.80. The largest absolute Gasteiger partial charge is 0.462 e. The van der Waals surface area contributed by atoms with Crippen molar-refractivity contribution < 1.29 is 22.7 Å². The van der Waals surface area contributed by atoms with Crippen LogP contribution >= 0.6 is 12.2 Å². The van der Waals surface area contributed by atoms with Crippen LogP contribution in [0.3, 0.4) is 0 Å². The molecular formula is C24H18F3NO2S. The molecule has 0 saturated carbocycles. The average Bonchev–Trinajstić information content (AvgIpc) is 3.05. The van der Waals surface area contributed by atoms with Crippen molar-refractivity contribution in [3.63, 3.8) is 0 Å². The van der Waals surface area contributed by atoms with E-state index in [-0.39, 0.29) is 22.6 Å². The van der Waals surface area contributed by atoms with Gasteiger partial charge in [-0.05, 0) is 46.5 Å². The van der Waals surface area contributed by atoms with Gasteiger partial charge >= 0.3 is 6.18 Å². The molecule has 1 heterocycles. The third-order valence-corrected chi connectivity index (χ3v) is 5.80. The summed E-state index contributed by atoms with van der Waals surface area (Å²) in [7, 11) is 0. The van der Waals surface area contributed by atoms with E-state index in [4.69, 9.17) is 22.7 Å². The molecule has 0 aromatic heterocycles. The minimum atomic E-state index is -4.60. The van der Waals surface area contributed by atoms with Gasteiger partial charge in [0.25, 0.3) is 0 Å². The van der Waals surface area contributed by atoms with Crippen LogP contribution in [0.1, 0.15) is 41.7 Å². The maximum atomic E-state index is 13.5. The third-order valence-electron chi connectivity index (χ3n) is 5.27. The number of carbonyl (C=O) groups excluding carboxylic acids is 1. The lowest BCUT2D eigenvalue weighted by Gasteiger charge is -2.14. The number of Topliss-reactive ketones (excluding diaryl/α,β-unsaturated/α-hetero) is 1. The van der Waals surface area contributed by atoms with E-state index in [0.29, 0.717) is 16.8 Å². The van der Waals surface area contributed by atoms with E-state index in [1.165, 1.54) is 6.07 Å².